The molecule has 2 aromatic heterocycles. The predicted octanol–water partition coefficient (Wildman–Crippen LogP) is 2.32. The van der Waals surface area contributed by atoms with Crippen LogP contribution in [0.3, 0.4) is 0 Å². The molecule has 0 spiro atoms. The molecule has 7 heteroatoms. The van der Waals surface area contributed by atoms with E-state index in [0.29, 0.717) is 16.5 Å². The quantitative estimate of drug-likeness (QED) is 0.876. The predicted molar refractivity (Wildman–Crippen MR) is 75.6 cm³/mol. The van der Waals surface area contributed by atoms with Crippen LogP contribution < -0.4 is 10.6 Å². The monoisotopic (exact) mass is 277 g/mol. The third-order valence-corrected chi connectivity index (χ3v) is 2.96. The van der Waals surface area contributed by atoms with Crippen molar-refractivity contribution in [1.82, 2.24) is 15.2 Å². The van der Waals surface area contributed by atoms with Gasteiger partial charge in [0.15, 0.2) is 0 Å². The average molecular weight is 277 g/mol. The molecule has 100 valence electrons. The maximum absolute atomic E-state index is 12.1. The molecule has 0 fully saturated rings. The number of carbonyl (C=O) groups is 1. The second kappa shape index (κ2) is 6.24. The number of hydrogen-bond donors (Lipinski definition) is 2. The molecular formula is C12H15N5OS. The summed E-state index contributed by atoms with van der Waals surface area (Å²) >= 11 is 1.28. The number of rotatable bonds is 5. The van der Waals surface area contributed by atoms with Gasteiger partial charge < -0.3 is 5.32 Å². The first-order valence-corrected chi connectivity index (χ1v) is 6.87. The van der Waals surface area contributed by atoms with Crippen molar-refractivity contribution in [2.75, 3.05) is 17.2 Å². The van der Waals surface area contributed by atoms with Gasteiger partial charge in [-0.3, -0.25) is 10.1 Å². The van der Waals surface area contributed by atoms with Gasteiger partial charge >= 0.3 is 0 Å². The van der Waals surface area contributed by atoms with Crippen LogP contribution in [0.2, 0.25) is 0 Å². The van der Waals surface area contributed by atoms with Crippen LogP contribution >= 0.6 is 11.3 Å². The lowest BCUT2D eigenvalue weighted by Gasteiger charge is -2.08. The molecule has 0 aliphatic heterocycles. The lowest BCUT2D eigenvalue weighted by molar-refractivity contribution is 0.102. The standard InChI is InChI=1S/C12H15N5OS/c1-3-4-13-10-6-9(5-8(2)15-10)11(18)16-12-17-14-7-19-12/h5-7H,3-4H2,1-2H3,(H,13,15)(H,16,17,18). The minimum absolute atomic E-state index is 0.207. The van der Waals surface area contributed by atoms with E-state index in [4.69, 9.17) is 0 Å². The summed E-state index contributed by atoms with van der Waals surface area (Å²) < 4.78 is 0. The summed E-state index contributed by atoms with van der Waals surface area (Å²) in [5.74, 6) is 0.506. The first kappa shape index (κ1) is 13.4. The second-order valence-electron chi connectivity index (χ2n) is 4.01. The Morgan fingerprint density at radius 3 is 2.95 bits per heavy atom. The number of amides is 1. The molecule has 0 aromatic carbocycles. The second-order valence-corrected chi connectivity index (χ2v) is 4.84. The normalized spacial score (nSPS) is 10.2. The molecule has 0 atom stereocenters. The number of nitrogens with one attached hydrogen (secondary N) is 2. The van der Waals surface area contributed by atoms with E-state index < -0.39 is 0 Å². The van der Waals surface area contributed by atoms with Crippen molar-refractivity contribution in [3.8, 4) is 0 Å². The SMILES string of the molecule is CCCNc1cc(C(=O)Nc2nncs2)cc(C)n1. The van der Waals surface area contributed by atoms with Gasteiger partial charge in [-0.2, -0.15) is 0 Å². The summed E-state index contributed by atoms with van der Waals surface area (Å²) in [5.41, 5.74) is 2.92. The van der Waals surface area contributed by atoms with Crippen LogP contribution in [-0.4, -0.2) is 27.6 Å². The molecule has 0 saturated heterocycles. The number of hydrogen-bond acceptors (Lipinski definition) is 6. The molecule has 2 heterocycles. The van der Waals surface area contributed by atoms with E-state index in [2.05, 4.69) is 32.7 Å². The van der Waals surface area contributed by atoms with E-state index >= 15 is 0 Å². The number of aromatic nitrogens is 3. The van der Waals surface area contributed by atoms with Crippen LogP contribution in [0, 0.1) is 6.92 Å². The highest BCUT2D eigenvalue weighted by molar-refractivity contribution is 7.13. The Morgan fingerprint density at radius 1 is 1.42 bits per heavy atom. The van der Waals surface area contributed by atoms with E-state index in [-0.39, 0.29) is 5.91 Å². The summed E-state index contributed by atoms with van der Waals surface area (Å²) in [6.45, 7) is 4.76. The van der Waals surface area contributed by atoms with Gasteiger partial charge in [0.25, 0.3) is 5.91 Å². The van der Waals surface area contributed by atoms with Crippen molar-refractivity contribution in [1.29, 1.82) is 0 Å². The molecule has 2 N–H and O–H groups in total. The number of nitrogens with zero attached hydrogens (tertiary/aromatic N) is 3. The molecule has 1 amide bonds. The average Bonchev–Trinajstić information content (AvgIpc) is 2.88. The summed E-state index contributed by atoms with van der Waals surface area (Å²) in [4.78, 5) is 16.4. The molecule has 0 saturated carbocycles. The van der Waals surface area contributed by atoms with Crippen molar-refractivity contribution >= 4 is 28.2 Å². The Hall–Kier alpha value is -2.02. The Labute approximate surface area is 115 Å². The first-order chi connectivity index (χ1) is 9.19. The summed E-state index contributed by atoms with van der Waals surface area (Å²) in [6, 6.07) is 3.48. The van der Waals surface area contributed by atoms with Gasteiger partial charge in [-0.25, -0.2) is 4.98 Å². The Balaban J connectivity index is 2.14. The van der Waals surface area contributed by atoms with Crippen LogP contribution in [0.1, 0.15) is 29.4 Å². The van der Waals surface area contributed by atoms with Gasteiger partial charge in [-0.05, 0) is 25.5 Å². The molecule has 2 aromatic rings. The van der Waals surface area contributed by atoms with Crippen molar-refractivity contribution in [2.45, 2.75) is 20.3 Å². The smallest absolute Gasteiger partial charge is 0.257 e. The number of pyridine rings is 1. The number of aryl methyl sites for hydroxylation is 1. The highest BCUT2D eigenvalue weighted by atomic mass is 32.1. The van der Waals surface area contributed by atoms with Gasteiger partial charge in [-0.1, -0.05) is 18.3 Å². The fourth-order valence-electron chi connectivity index (χ4n) is 1.54. The summed E-state index contributed by atoms with van der Waals surface area (Å²) in [5, 5.41) is 13.8. The topological polar surface area (TPSA) is 79.8 Å². The zero-order valence-electron chi connectivity index (χ0n) is 10.8. The van der Waals surface area contributed by atoms with Crippen LogP contribution in [-0.2, 0) is 0 Å². The fourth-order valence-corrected chi connectivity index (χ4v) is 1.98. The third-order valence-electron chi connectivity index (χ3n) is 2.35. The van der Waals surface area contributed by atoms with Crippen LogP contribution in [0.25, 0.3) is 0 Å². The number of anilines is 2. The van der Waals surface area contributed by atoms with Gasteiger partial charge in [-0.15, -0.1) is 10.2 Å². The molecule has 19 heavy (non-hydrogen) atoms. The van der Waals surface area contributed by atoms with Crippen LogP contribution in [0.15, 0.2) is 17.6 Å². The third kappa shape index (κ3) is 3.72. The van der Waals surface area contributed by atoms with E-state index in [1.165, 1.54) is 11.3 Å². The number of carbonyl (C=O) groups excluding carboxylic acids is 1. The van der Waals surface area contributed by atoms with Crippen molar-refractivity contribution in [3.63, 3.8) is 0 Å². The Bertz CT molecular complexity index is 555. The lowest BCUT2D eigenvalue weighted by Crippen LogP contribution is -2.13. The Morgan fingerprint density at radius 2 is 2.26 bits per heavy atom. The van der Waals surface area contributed by atoms with Crippen molar-refractivity contribution in [3.05, 3.63) is 28.9 Å². The van der Waals surface area contributed by atoms with Gasteiger partial charge in [0.1, 0.15) is 11.3 Å². The molecule has 0 aliphatic rings. The van der Waals surface area contributed by atoms with Crippen LogP contribution in [0.4, 0.5) is 10.9 Å². The minimum atomic E-state index is -0.207. The zero-order valence-corrected chi connectivity index (χ0v) is 11.6. The zero-order chi connectivity index (χ0) is 13.7. The van der Waals surface area contributed by atoms with E-state index in [0.717, 1.165) is 18.7 Å². The summed E-state index contributed by atoms with van der Waals surface area (Å²) in [7, 11) is 0. The maximum atomic E-state index is 12.1. The maximum Gasteiger partial charge on any atom is 0.257 e. The molecule has 0 radical (unpaired) electrons. The largest absolute Gasteiger partial charge is 0.370 e. The molecule has 0 aliphatic carbocycles. The van der Waals surface area contributed by atoms with E-state index in [1.54, 1.807) is 17.6 Å². The summed E-state index contributed by atoms with van der Waals surface area (Å²) in [6.07, 6.45) is 1.00. The van der Waals surface area contributed by atoms with Crippen molar-refractivity contribution in [2.24, 2.45) is 0 Å². The molecular weight excluding hydrogens is 262 g/mol. The molecule has 2 rings (SSSR count). The highest BCUT2D eigenvalue weighted by Gasteiger charge is 2.10. The van der Waals surface area contributed by atoms with Crippen LogP contribution in [0.5, 0.6) is 0 Å². The minimum Gasteiger partial charge on any atom is -0.370 e. The first-order valence-electron chi connectivity index (χ1n) is 5.99. The Kier molecular flexibility index (Phi) is 4.40. The highest BCUT2D eigenvalue weighted by Crippen LogP contribution is 2.14. The lowest BCUT2D eigenvalue weighted by atomic mass is 10.2. The molecule has 6 nitrogen and oxygen atoms in total. The van der Waals surface area contributed by atoms with E-state index in [9.17, 15) is 4.79 Å². The molecule has 0 unspecified atom stereocenters. The fraction of sp³-hybridized carbons (Fsp3) is 0.333. The van der Waals surface area contributed by atoms with Gasteiger partial charge in [0.05, 0.1) is 0 Å². The molecule has 0 bridgehead atoms. The van der Waals surface area contributed by atoms with Gasteiger partial charge in [0, 0.05) is 17.8 Å². The van der Waals surface area contributed by atoms with Crippen molar-refractivity contribution < 1.29 is 4.79 Å². The van der Waals surface area contributed by atoms with Gasteiger partial charge in [0.2, 0.25) is 5.13 Å². The van der Waals surface area contributed by atoms with E-state index in [1.807, 2.05) is 6.92 Å².